The van der Waals surface area contributed by atoms with Crippen LogP contribution in [0.15, 0.2) is 72.8 Å². The zero-order chi connectivity index (χ0) is 20.5. The number of hydrogen-bond donors (Lipinski definition) is 2. The maximum Gasteiger partial charge on any atom is 0.243 e. The van der Waals surface area contributed by atoms with Gasteiger partial charge in [0.2, 0.25) is 5.91 Å². The second-order valence-corrected chi connectivity index (χ2v) is 7.26. The minimum absolute atomic E-state index is 0.135. The molecule has 0 aliphatic carbocycles. The molecule has 5 heteroatoms. The minimum atomic E-state index is -0.135. The van der Waals surface area contributed by atoms with Crippen molar-refractivity contribution < 1.29 is 9.53 Å². The van der Waals surface area contributed by atoms with E-state index >= 15 is 0 Å². The fraction of sp³-hybridized carbons (Fsp3) is 0.208. The van der Waals surface area contributed by atoms with Crippen molar-refractivity contribution in [2.75, 3.05) is 23.8 Å². The summed E-state index contributed by atoms with van der Waals surface area (Å²) in [7, 11) is 0. The quantitative estimate of drug-likeness (QED) is 0.446. The SMILES string of the molecule is Cc1ccc(Cl)cc1NC(=O)CNc1cccc(OCCCc2ccccc2)c1. The van der Waals surface area contributed by atoms with Gasteiger partial charge in [0.25, 0.3) is 0 Å². The number of aryl methyl sites for hydroxylation is 2. The average molecular weight is 409 g/mol. The number of benzene rings is 3. The summed E-state index contributed by atoms with van der Waals surface area (Å²) in [5.41, 5.74) is 3.84. The van der Waals surface area contributed by atoms with Crippen molar-refractivity contribution in [3.8, 4) is 5.75 Å². The van der Waals surface area contributed by atoms with E-state index < -0.39 is 0 Å². The van der Waals surface area contributed by atoms with Gasteiger partial charge in [-0.25, -0.2) is 0 Å². The van der Waals surface area contributed by atoms with Gasteiger partial charge in [-0.2, -0.15) is 0 Å². The number of nitrogens with one attached hydrogen (secondary N) is 2. The Kier molecular flexibility index (Phi) is 7.54. The third kappa shape index (κ3) is 6.84. The predicted molar refractivity (Wildman–Crippen MR) is 120 cm³/mol. The average Bonchev–Trinajstić information content (AvgIpc) is 2.73. The molecule has 0 radical (unpaired) electrons. The van der Waals surface area contributed by atoms with Gasteiger partial charge in [0, 0.05) is 22.5 Å². The Balaban J connectivity index is 1.44. The number of rotatable bonds is 9. The summed E-state index contributed by atoms with van der Waals surface area (Å²) in [6.45, 7) is 2.73. The third-order valence-electron chi connectivity index (χ3n) is 4.48. The smallest absolute Gasteiger partial charge is 0.243 e. The van der Waals surface area contributed by atoms with Gasteiger partial charge in [-0.15, -0.1) is 0 Å². The Bertz CT molecular complexity index is 945. The second-order valence-electron chi connectivity index (χ2n) is 6.83. The number of carbonyl (C=O) groups is 1. The molecule has 0 bridgehead atoms. The molecule has 0 atom stereocenters. The predicted octanol–water partition coefficient (Wildman–Crippen LogP) is 5.71. The lowest BCUT2D eigenvalue weighted by Crippen LogP contribution is -2.22. The molecule has 0 aromatic heterocycles. The van der Waals surface area contributed by atoms with Gasteiger partial charge in [0.05, 0.1) is 13.2 Å². The van der Waals surface area contributed by atoms with Crippen molar-refractivity contribution in [3.05, 3.63) is 88.9 Å². The number of ether oxygens (including phenoxy) is 1. The van der Waals surface area contributed by atoms with Crippen molar-refractivity contribution in [1.29, 1.82) is 0 Å². The number of amides is 1. The first-order valence-electron chi connectivity index (χ1n) is 9.67. The first-order valence-corrected chi connectivity index (χ1v) is 10.0. The van der Waals surface area contributed by atoms with Crippen LogP contribution in [-0.2, 0) is 11.2 Å². The van der Waals surface area contributed by atoms with Crippen molar-refractivity contribution in [2.45, 2.75) is 19.8 Å². The summed E-state index contributed by atoms with van der Waals surface area (Å²) in [4.78, 5) is 12.2. The molecule has 1 amide bonds. The highest BCUT2D eigenvalue weighted by Gasteiger charge is 2.06. The Labute approximate surface area is 176 Å². The highest BCUT2D eigenvalue weighted by atomic mass is 35.5. The molecule has 0 fully saturated rings. The molecule has 3 aromatic rings. The monoisotopic (exact) mass is 408 g/mol. The molecule has 0 unspecified atom stereocenters. The molecule has 3 rings (SSSR count). The molecule has 0 saturated carbocycles. The maximum atomic E-state index is 12.2. The Morgan fingerprint density at radius 2 is 1.83 bits per heavy atom. The molecular weight excluding hydrogens is 384 g/mol. The van der Waals surface area contributed by atoms with E-state index in [1.807, 2.05) is 43.3 Å². The highest BCUT2D eigenvalue weighted by molar-refractivity contribution is 6.31. The van der Waals surface area contributed by atoms with E-state index in [1.54, 1.807) is 12.1 Å². The standard InChI is InChI=1S/C24H25ClN2O2/c1-18-12-13-20(25)15-23(18)27-24(28)17-26-21-10-5-11-22(16-21)29-14-6-9-19-7-3-2-4-8-19/h2-5,7-8,10-13,15-16,26H,6,9,14,17H2,1H3,(H,27,28). The zero-order valence-corrected chi connectivity index (χ0v) is 17.2. The van der Waals surface area contributed by atoms with Crippen LogP contribution in [0.3, 0.4) is 0 Å². The van der Waals surface area contributed by atoms with Crippen molar-refractivity contribution >= 4 is 28.9 Å². The molecule has 0 saturated heterocycles. The Hall–Kier alpha value is -2.98. The van der Waals surface area contributed by atoms with Gasteiger partial charge < -0.3 is 15.4 Å². The van der Waals surface area contributed by atoms with Gasteiger partial charge >= 0.3 is 0 Å². The summed E-state index contributed by atoms with van der Waals surface area (Å²) in [5, 5.41) is 6.60. The first kappa shape index (κ1) is 20.7. The van der Waals surface area contributed by atoms with Crippen LogP contribution in [0.4, 0.5) is 11.4 Å². The van der Waals surface area contributed by atoms with Crippen molar-refractivity contribution in [1.82, 2.24) is 0 Å². The number of hydrogen-bond acceptors (Lipinski definition) is 3. The van der Waals surface area contributed by atoms with Crippen LogP contribution in [0.25, 0.3) is 0 Å². The van der Waals surface area contributed by atoms with Gasteiger partial charge in [-0.05, 0) is 55.2 Å². The molecule has 3 aromatic carbocycles. The van der Waals surface area contributed by atoms with E-state index in [2.05, 4.69) is 34.9 Å². The molecular formula is C24H25ClN2O2. The maximum absolute atomic E-state index is 12.2. The van der Waals surface area contributed by atoms with Crippen LogP contribution in [0, 0.1) is 6.92 Å². The second kappa shape index (κ2) is 10.5. The molecule has 0 heterocycles. The molecule has 0 aliphatic rings. The molecule has 150 valence electrons. The lowest BCUT2D eigenvalue weighted by molar-refractivity contribution is -0.114. The van der Waals surface area contributed by atoms with E-state index in [0.717, 1.165) is 35.5 Å². The Morgan fingerprint density at radius 1 is 1.00 bits per heavy atom. The molecule has 0 aliphatic heterocycles. The van der Waals surface area contributed by atoms with Crippen molar-refractivity contribution in [2.24, 2.45) is 0 Å². The number of anilines is 2. The van der Waals surface area contributed by atoms with Crippen LogP contribution < -0.4 is 15.4 Å². The fourth-order valence-corrected chi connectivity index (χ4v) is 3.08. The summed E-state index contributed by atoms with van der Waals surface area (Å²) in [5.74, 6) is 0.652. The van der Waals surface area contributed by atoms with Gasteiger partial charge in [0.15, 0.2) is 0 Å². The van der Waals surface area contributed by atoms with Gasteiger partial charge in [-0.3, -0.25) is 4.79 Å². The number of halogens is 1. The largest absolute Gasteiger partial charge is 0.494 e. The minimum Gasteiger partial charge on any atom is -0.494 e. The molecule has 29 heavy (non-hydrogen) atoms. The van der Waals surface area contributed by atoms with E-state index in [1.165, 1.54) is 5.56 Å². The normalized spacial score (nSPS) is 10.4. The lowest BCUT2D eigenvalue weighted by Gasteiger charge is -2.11. The molecule has 0 spiro atoms. The van der Waals surface area contributed by atoms with Crippen LogP contribution in [0.2, 0.25) is 5.02 Å². The summed E-state index contributed by atoms with van der Waals surface area (Å²) < 4.78 is 5.84. The van der Waals surface area contributed by atoms with Crippen LogP contribution in [0.1, 0.15) is 17.5 Å². The Morgan fingerprint density at radius 3 is 2.66 bits per heavy atom. The zero-order valence-electron chi connectivity index (χ0n) is 16.5. The molecule has 2 N–H and O–H groups in total. The van der Waals surface area contributed by atoms with E-state index in [0.29, 0.717) is 11.6 Å². The van der Waals surface area contributed by atoms with E-state index in [-0.39, 0.29) is 12.5 Å². The van der Waals surface area contributed by atoms with Crippen molar-refractivity contribution in [3.63, 3.8) is 0 Å². The van der Waals surface area contributed by atoms with Crippen LogP contribution >= 0.6 is 11.6 Å². The highest BCUT2D eigenvalue weighted by Crippen LogP contribution is 2.21. The summed E-state index contributed by atoms with van der Waals surface area (Å²) in [6, 6.07) is 23.4. The van der Waals surface area contributed by atoms with Gasteiger partial charge in [0.1, 0.15) is 5.75 Å². The fourth-order valence-electron chi connectivity index (χ4n) is 2.91. The van der Waals surface area contributed by atoms with Crippen LogP contribution in [0.5, 0.6) is 5.75 Å². The topological polar surface area (TPSA) is 50.4 Å². The third-order valence-corrected chi connectivity index (χ3v) is 4.72. The van der Waals surface area contributed by atoms with Crippen LogP contribution in [-0.4, -0.2) is 19.1 Å². The van der Waals surface area contributed by atoms with Gasteiger partial charge in [-0.1, -0.05) is 54.1 Å². The summed E-state index contributed by atoms with van der Waals surface area (Å²) >= 11 is 6.00. The first-order chi connectivity index (χ1) is 14.1. The van der Waals surface area contributed by atoms with E-state index in [9.17, 15) is 4.79 Å². The lowest BCUT2D eigenvalue weighted by atomic mass is 10.1. The molecule has 4 nitrogen and oxygen atoms in total. The summed E-state index contributed by atoms with van der Waals surface area (Å²) in [6.07, 6.45) is 1.94. The van der Waals surface area contributed by atoms with E-state index in [4.69, 9.17) is 16.3 Å². The number of carbonyl (C=O) groups excluding carboxylic acids is 1.